The van der Waals surface area contributed by atoms with E-state index in [2.05, 4.69) is 74.5 Å². The lowest BCUT2D eigenvalue weighted by Gasteiger charge is -2.12. The van der Waals surface area contributed by atoms with Crippen LogP contribution in [0.3, 0.4) is 0 Å². The van der Waals surface area contributed by atoms with Crippen LogP contribution in [-0.4, -0.2) is 5.29 Å². The molecule has 16 heavy (non-hydrogen) atoms. The van der Waals surface area contributed by atoms with E-state index in [0.29, 0.717) is 0 Å². The van der Waals surface area contributed by atoms with Crippen molar-refractivity contribution < 1.29 is 0 Å². The molecule has 0 nitrogen and oxygen atoms in total. The van der Waals surface area contributed by atoms with Crippen LogP contribution < -0.4 is 10.6 Å². The van der Waals surface area contributed by atoms with Crippen LogP contribution in [0, 0.1) is 0 Å². The Morgan fingerprint density at radius 2 is 1.06 bits per heavy atom. The lowest BCUT2D eigenvalue weighted by molar-refractivity contribution is 1.75. The second kappa shape index (κ2) is 5.18. The Hall–Kier alpha value is -1.26. The number of benzene rings is 2. The maximum Gasteiger partial charge on any atom is -0.0232 e. The van der Waals surface area contributed by atoms with Crippen molar-refractivity contribution in [1.29, 1.82) is 0 Å². The summed E-state index contributed by atoms with van der Waals surface area (Å²) in [5, 5.41) is 4.47. The van der Waals surface area contributed by atoms with E-state index < -0.39 is 7.55 Å². The summed E-state index contributed by atoms with van der Waals surface area (Å²) in [5.74, 6) is 0. The van der Waals surface area contributed by atoms with Gasteiger partial charge in [0.2, 0.25) is 0 Å². The fourth-order valence-electron chi connectivity index (χ4n) is 1.95. The molecule has 2 rings (SSSR count). The average molecular weight is 228 g/mol. The molecular formula is C15H17P. The summed E-state index contributed by atoms with van der Waals surface area (Å²) in [6.07, 6.45) is 0. The van der Waals surface area contributed by atoms with Crippen LogP contribution in [0.4, 0.5) is 0 Å². The van der Waals surface area contributed by atoms with Gasteiger partial charge in [0, 0.05) is 0 Å². The van der Waals surface area contributed by atoms with Gasteiger partial charge < -0.3 is 0 Å². The van der Waals surface area contributed by atoms with Crippen LogP contribution in [-0.2, 0) is 0 Å². The first-order valence-corrected chi connectivity index (χ1v) is 7.07. The Kier molecular flexibility index (Phi) is 3.64. The minimum Gasteiger partial charge on any atom is -0.0728 e. The zero-order chi connectivity index (χ0) is 11.4. The van der Waals surface area contributed by atoms with Crippen LogP contribution in [0.25, 0.3) is 0 Å². The van der Waals surface area contributed by atoms with Gasteiger partial charge in [-0.2, -0.15) is 0 Å². The van der Waals surface area contributed by atoms with E-state index in [0.717, 1.165) is 0 Å². The van der Waals surface area contributed by atoms with E-state index in [-0.39, 0.29) is 0 Å². The summed E-state index contributed by atoms with van der Waals surface area (Å²) in [4.78, 5) is 0. The van der Waals surface area contributed by atoms with E-state index in [1.165, 1.54) is 15.9 Å². The molecule has 0 aliphatic heterocycles. The maximum absolute atomic E-state index is 2.24. The lowest BCUT2D eigenvalue weighted by atomic mass is 10.4. The zero-order valence-electron chi connectivity index (χ0n) is 9.77. The Morgan fingerprint density at radius 3 is 1.38 bits per heavy atom. The van der Waals surface area contributed by atoms with Crippen molar-refractivity contribution in [1.82, 2.24) is 0 Å². The van der Waals surface area contributed by atoms with E-state index >= 15 is 0 Å². The number of rotatable bonds is 2. The molecule has 2 aromatic rings. The van der Waals surface area contributed by atoms with Crippen molar-refractivity contribution >= 4 is 23.4 Å². The molecule has 0 amide bonds. The first-order valence-electron chi connectivity index (χ1n) is 5.57. The quantitative estimate of drug-likeness (QED) is 0.693. The van der Waals surface area contributed by atoms with Gasteiger partial charge in [-0.3, -0.25) is 0 Å². The molecule has 0 aliphatic rings. The van der Waals surface area contributed by atoms with Crippen molar-refractivity contribution in [3.63, 3.8) is 0 Å². The van der Waals surface area contributed by atoms with Gasteiger partial charge in [0.1, 0.15) is 0 Å². The zero-order valence-corrected chi connectivity index (χ0v) is 10.8. The number of hydrogen-bond acceptors (Lipinski definition) is 0. The number of hydrogen-bond donors (Lipinski definition) is 0. The van der Waals surface area contributed by atoms with Gasteiger partial charge in [-0.25, -0.2) is 0 Å². The first kappa shape index (κ1) is 11.2. The molecule has 82 valence electrons. The molecule has 0 N–H and O–H groups in total. The maximum atomic E-state index is 2.24. The minimum atomic E-state index is -0.700. The largest absolute Gasteiger partial charge is 0.0728 e. The smallest absolute Gasteiger partial charge is 0.0232 e. The minimum absolute atomic E-state index is 0.700. The van der Waals surface area contributed by atoms with Crippen molar-refractivity contribution in [2.75, 3.05) is 0 Å². The molecule has 0 unspecified atom stereocenters. The highest BCUT2D eigenvalue weighted by Gasteiger charge is 2.03. The van der Waals surface area contributed by atoms with Crippen molar-refractivity contribution in [3.05, 3.63) is 60.7 Å². The first-order chi connectivity index (χ1) is 7.79. The van der Waals surface area contributed by atoms with E-state index in [4.69, 9.17) is 0 Å². The van der Waals surface area contributed by atoms with Gasteiger partial charge in [-0.15, -0.1) is 0 Å². The Bertz CT molecular complexity index is 438. The third-order valence-electron chi connectivity index (χ3n) is 2.62. The summed E-state index contributed by atoms with van der Waals surface area (Å²) in [5.41, 5.74) is 0. The van der Waals surface area contributed by atoms with Gasteiger partial charge in [0.25, 0.3) is 0 Å². The Morgan fingerprint density at radius 1 is 0.688 bits per heavy atom. The van der Waals surface area contributed by atoms with Crippen molar-refractivity contribution in [2.24, 2.45) is 0 Å². The van der Waals surface area contributed by atoms with Gasteiger partial charge in [0.15, 0.2) is 0 Å². The highest BCUT2D eigenvalue weighted by Crippen LogP contribution is 2.23. The SMILES string of the molecule is CC(C)=[PH](c1ccccc1)c1ccccc1. The molecule has 0 heterocycles. The lowest BCUT2D eigenvalue weighted by Crippen LogP contribution is -2.09. The normalized spacial score (nSPS) is 10.4. The van der Waals surface area contributed by atoms with E-state index in [1.54, 1.807) is 0 Å². The van der Waals surface area contributed by atoms with Gasteiger partial charge in [0.05, 0.1) is 0 Å². The third-order valence-corrected chi connectivity index (χ3v) is 5.45. The molecule has 0 aliphatic carbocycles. The monoisotopic (exact) mass is 228 g/mol. The van der Waals surface area contributed by atoms with E-state index in [1.807, 2.05) is 0 Å². The van der Waals surface area contributed by atoms with Crippen LogP contribution >= 0.6 is 7.55 Å². The summed E-state index contributed by atoms with van der Waals surface area (Å²) < 4.78 is 0. The molecule has 0 bridgehead atoms. The third kappa shape index (κ3) is 2.46. The second-order valence-electron chi connectivity index (χ2n) is 4.11. The standard InChI is InChI=1S/C15H17P/c1-13(2)16(14-9-5-3-6-10-14)15-11-7-4-8-12-15/h3-12,16H,1-2H3. The van der Waals surface area contributed by atoms with Crippen LogP contribution in [0.1, 0.15) is 13.8 Å². The second-order valence-corrected chi connectivity index (χ2v) is 7.01. The summed E-state index contributed by atoms with van der Waals surface area (Å²) in [7, 11) is -0.700. The predicted octanol–water partition coefficient (Wildman–Crippen LogP) is 3.06. The molecular weight excluding hydrogens is 211 g/mol. The molecule has 1 heteroatoms. The molecule has 0 saturated carbocycles. The summed E-state index contributed by atoms with van der Waals surface area (Å²) >= 11 is 0. The van der Waals surface area contributed by atoms with Crippen molar-refractivity contribution in [3.8, 4) is 0 Å². The topological polar surface area (TPSA) is 0 Å². The highest BCUT2D eigenvalue weighted by molar-refractivity contribution is 7.73. The van der Waals surface area contributed by atoms with Gasteiger partial charge in [-0.1, -0.05) is 73.5 Å². The fourth-order valence-corrected chi connectivity index (χ4v) is 4.49. The van der Waals surface area contributed by atoms with Gasteiger partial charge >= 0.3 is 0 Å². The van der Waals surface area contributed by atoms with E-state index in [9.17, 15) is 0 Å². The Labute approximate surface area is 98.3 Å². The van der Waals surface area contributed by atoms with Gasteiger partial charge in [-0.05, 0) is 24.5 Å². The molecule has 0 fully saturated rings. The highest BCUT2D eigenvalue weighted by atomic mass is 31.1. The molecule has 0 atom stereocenters. The summed E-state index contributed by atoms with van der Waals surface area (Å²) in [6.45, 7) is 4.49. The van der Waals surface area contributed by atoms with Crippen molar-refractivity contribution in [2.45, 2.75) is 13.8 Å². The molecule has 0 aromatic heterocycles. The molecule has 0 saturated heterocycles. The molecule has 0 radical (unpaired) electrons. The Balaban J connectivity index is 2.54. The molecule has 2 aromatic carbocycles. The van der Waals surface area contributed by atoms with Crippen LogP contribution in [0.5, 0.6) is 0 Å². The molecule has 0 spiro atoms. The summed E-state index contributed by atoms with van der Waals surface area (Å²) in [6, 6.07) is 21.7. The average Bonchev–Trinajstić information content (AvgIpc) is 2.31. The fraction of sp³-hybridized carbons (Fsp3) is 0.133. The van der Waals surface area contributed by atoms with Crippen LogP contribution in [0.2, 0.25) is 0 Å². The predicted molar refractivity (Wildman–Crippen MR) is 76.8 cm³/mol. The van der Waals surface area contributed by atoms with Crippen LogP contribution in [0.15, 0.2) is 60.7 Å².